The highest BCUT2D eigenvalue weighted by molar-refractivity contribution is 5.60. The SMILES string of the molecule is COc1ccc(CNc2nc(NN)ccc2[N+](=O)[O-])cn1. The maximum absolute atomic E-state index is 11.0. The third-order valence-corrected chi connectivity index (χ3v) is 2.69. The lowest BCUT2D eigenvalue weighted by molar-refractivity contribution is -0.384. The molecule has 0 atom stereocenters. The number of pyridine rings is 2. The highest BCUT2D eigenvalue weighted by atomic mass is 16.6. The molecule has 21 heavy (non-hydrogen) atoms. The van der Waals surface area contributed by atoms with Gasteiger partial charge in [0, 0.05) is 24.9 Å². The van der Waals surface area contributed by atoms with Crippen LogP contribution in [-0.2, 0) is 6.54 Å². The van der Waals surface area contributed by atoms with Crippen molar-refractivity contribution in [3.8, 4) is 5.88 Å². The number of hydrazine groups is 1. The van der Waals surface area contributed by atoms with Gasteiger partial charge in [-0.2, -0.15) is 0 Å². The highest BCUT2D eigenvalue weighted by Gasteiger charge is 2.15. The Morgan fingerprint density at radius 3 is 2.76 bits per heavy atom. The Morgan fingerprint density at radius 2 is 2.19 bits per heavy atom. The van der Waals surface area contributed by atoms with Gasteiger partial charge in [-0.05, 0) is 11.6 Å². The molecule has 2 aromatic rings. The minimum atomic E-state index is -0.512. The van der Waals surface area contributed by atoms with Crippen LogP contribution in [0.1, 0.15) is 5.56 Å². The van der Waals surface area contributed by atoms with Crippen LogP contribution in [0.2, 0.25) is 0 Å². The van der Waals surface area contributed by atoms with Crippen LogP contribution in [0.15, 0.2) is 30.5 Å². The lowest BCUT2D eigenvalue weighted by Gasteiger charge is -2.08. The van der Waals surface area contributed by atoms with Crippen LogP contribution in [0, 0.1) is 10.1 Å². The predicted molar refractivity (Wildman–Crippen MR) is 76.8 cm³/mol. The van der Waals surface area contributed by atoms with Crippen molar-refractivity contribution in [2.45, 2.75) is 6.54 Å². The Hall–Kier alpha value is -2.94. The summed E-state index contributed by atoms with van der Waals surface area (Å²) in [4.78, 5) is 18.5. The highest BCUT2D eigenvalue weighted by Crippen LogP contribution is 2.24. The molecule has 0 bridgehead atoms. The number of nitro groups is 1. The van der Waals surface area contributed by atoms with E-state index < -0.39 is 4.92 Å². The van der Waals surface area contributed by atoms with E-state index in [9.17, 15) is 10.1 Å². The second-order valence-corrected chi connectivity index (χ2v) is 4.03. The minimum Gasteiger partial charge on any atom is -0.481 e. The third-order valence-electron chi connectivity index (χ3n) is 2.69. The molecular formula is C12H14N6O3. The van der Waals surface area contributed by atoms with Crippen molar-refractivity contribution in [2.75, 3.05) is 17.9 Å². The summed E-state index contributed by atoms with van der Waals surface area (Å²) in [5.74, 6) is 6.21. The fourth-order valence-electron chi connectivity index (χ4n) is 1.63. The molecule has 2 aromatic heterocycles. The maximum Gasteiger partial charge on any atom is 0.311 e. The number of methoxy groups -OCH3 is 1. The Morgan fingerprint density at radius 1 is 1.38 bits per heavy atom. The monoisotopic (exact) mass is 290 g/mol. The van der Waals surface area contributed by atoms with Crippen molar-refractivity contribution < 1.29 is 9.66 Å². The predicted octanol–water partition coefficient (Wildman–Crippen LogP) is 1.29. The van der Waals surface area contributed by atoms with E-state index in [-0.39, 0.29) is 11.5 Å². The molecule has 2 rings (SSSR count). The van der Waals surface area contributed by atoms with Crippen LogP contribution in [-0.4, -0.2) is 22.0 Å². The molecule has 0 fully saturated rings. The van der Waals surface area contributed by atoms with Crippen molar-refractivity contribution >= 4 is 17.3 Å². The zero-order chi connectivity index (χ0) is 15.2. The lowest BCUT2D eigenvalue weighted by Crippen LogP contribution is -2.11. The first-order valence-corrected chi connectivity index (χ1v) is 5.99. The van der Waals surface area contributed by atoms with Gasteiger partial charge in [-0.3, -0.25) is 10.1 Å². The van der Waals surface area contributed by atoms with Gasteiger partial charge >= 0.3 is 5.69 Å². The minimum absolute atomic E-state index is 0.129. The average molecular weight is 290 g/mol. The number of nitrogens with zero attached hydrogens (tertiary/aromatic N) is 3. The molecule has 2 heterocycles. The molecule has 0 amide bonds. The van der Waals surface area contributed by atoms with Gasteiger partial charge in [0.05, 0.1) is 12.0 Å². The van der Waals surface area contributed by atoms with E-state index in [1.54, 1.807) is 18.3 Å². The number of hydrogen-bond donors (Lipinski definition) is 3. The summed E-state index contributed by atoms with van der Waals surface area (Å²) < 4.78 is 4.96. The molecule has 0 aliphatic rings. The Bertz CT molecular complexity index is 631. The first-order chi connectivity index (χ1) is 10.1. The normalized spacial score (nSPS) is 10.0. The Kier molecular flexibility index (Phi) is 4.46. The molecule has 0 aromatic carbocycles. The van der Waals surface area contributed by atoms with Gasteiger partial charge in [-0.25, -0.2) is 15.8 Å². The number of nitrogens with one attached hydrogen (secondary N) is 2. The first-order valence-electron chi connectivity index (χ1n) is 5.99. The Balaban J connectivity index is 2.15. The van der Waals surface area contributed by atoms with E-state index in [2.05, 4.69) is 20.7 Å². The van der Waals surface area contributed by atoms with Crippen molar-refractivity contribution in [1.82, 2.24) is 9.97 Å². The summed E-state index contributed by atoms with van der Waals surface area (Å²) in [7, 11) is 1.53. The van der Waals surface area contributed by atoms with Gasteiger partial charge in [0.1, 0.15) is 5.82 Å². The molecular weight excluding hydrogens is 276 g/mol. The van der Waals surface area contributed by atoms with E-state index in [1.165, 1.54) is 19.2 Å². The second-order valence-electron chi connectivity index (χ2n) is 4.03. The van der Waals surface area contributed by atoms with E-state index >= 15 is 0 Å². The number of anilines is 2. The fraction of sp³-hybridized carbons (Fsp3) is 0.167. The van der Waals surface area contributed by atoms with Crippen molar-refractivity contribution in [2.24, 2.45) is 5.84 Å². The average Bonchev–Trinajstić information content (AvgIpc) is 2.52. The number of aromatic nitrogens is 2. The van der Waals surface area contributed by atoms with Gasteiger partial charge in [0.2, 0.25) is 11.7 Å². The lowest BCUT2D eigenvalue weighted by atomic mass is 10.3. The molecule has 0 saturated heterocycles. The van der Waals surface area contributed by atoms with Gasteiger partial charge < -0.3 is 15.5 Å². The molecule has 110 valence electrons. The van der Waals surface area contributed by atoms with E-state index in [1.807, 2.05) is 0 Å². The zero-order valence-electron chi connectivity index (χ0n) is 11.2. The number of hydrogen-bond acceptors (Lipinski definition) is 8. The standard InChI is InChI=1S/C12H14N6O3/c1-21-11-5-2-8(6-14-11)7-15-12-9(18(19)20)3-4-10(16-12)17-13/h2-6H,7,13H2,1H3,(H2,15,16,17). The topological polar surface area (TPSA) is 128 Å². The Labute approximate surface area is 120 Å². The van der Waals surface area contributed by atoms with Crippen LogP contribution in [0.4, 0.5) is 17.3 Å². The van der Waals surface area contributed by atoms with Crippen molar-refractivity contribution in [3.63, 3.8) is 0 Å². The van der Waals surface area contributed by atoms with Gasteiger partial charge in [-0.1, -0.05) is 6.07 Å². The van der Waals surface area contributed by atoms with Gasteiger partial charge in [-0.15, -0.1) is 0 Å². The molecule has 4 N–H and O–H groups in total. The summed E-state index contributed by atoms with van der Waals surface area (Å²) in [5.41, 5.74) is 3.05. The quantitative estimate of drug-likeness (QED) is 0.412. The smallest absolute Gasteiger partial charge is 0.311 e. The number of nitrogens with two attached hydrogens (primary N) is 1. The van der Waals surface area contributed by atoms with Crippen LogP contribution < -0.4 is 21.3 Å². The van der Waals surface area contributed by atoms with Crippen LogP contribution in [0.25, 0.3) is 0 Å². The summed E-state index contributed by atoms with van der Waals surface area (Å²) in [6.07, 6.45) is 1.61. The van der Waals surface area contributed by atoms with E-state index in [0.29, 0.717) is 18.2 Å². The van der Waals surface area contributed by atoms with Gasteiger partial charge in [0.15, 0.2) is 0 Å². The second kappa shape index (κ2) is 6.48. The molecule has 0 saturated carbocycles. The molecule has 0 aliphatic carbocycles. The zero-order valence-corrected chi connectivity index (χ0v) is 11.2. The maximum atomic E-state index is 11.0. The summed E-state index contributed by atoms with van der Waals surface area (Å²) in [6, 6.07) is 6.27. The molecule has 0 aliphatic heterocycles. The number of nitrogen functional groups attached to an aromatic ring is 1. The fourth-order valence-corrected chi connectivity index (χ4v) is 1.63. The van der Waals surface area contributed by atoms with Crippen molar-refractivity contribution in [1.29, 1.82) is 0 Å². The van der Waals surface area contributed by atoms with Crippen LogP contribution >= 0.6 is 0 Å². The summed E-state index contributed by atoms with van der Waals surface area (Å²) in [6.45, 7) is 0.332. The number of rotatable bonds is 6. The number of ether oxygens (including phenoxy) is 1. The van der Waals surface area contributed by atoms with Crippen molar-refractivity contribution in [3.05, 3.63) is 46.1 Å². The third kappa shape index (κ3) is 3.54. The summed E-state index contributed by atoms with van der Waals surface area (Å²) in [5, 5.41) is 13.9. The molecule has 0 unspecified atom stereocenters. The molecule has 9 nitrogen and oxygen atoms in total. The van der Waals surface area contributed by atoms with Gasteiger partial charge in [0.25, 0.3) is 0 Å². The van der Waals surface area contributed by atoms with E-state index in [0.717, 1.165) is 5.56 Å². The molecule has 0 radical (unpaired) electrons. The van der Waals surface area contributed by atoms with E-state index in [4.69, 9.17) is 10.6 Å². The first kappa shape index (κ1) is 14.5. The molecule has 0 spiro atoms. The summed E-state index contributed by atoms with van der Waals surface area (Å²) >= 11 is 0. The largest absolute Gasteiger partial charge is 0.481 e. The van der Waals surface area contributed by atoms with Crippen LogP contribution in [0.3, 0.4) is 0 Å². The molecule has 9 heteroatoms. The van der Waals surface area contributed by atoms with Crippen LogP contribution in [0.5, 0.6) is 5.88 Å².